The summed E-state index contributed by atoms with van der Waals surface area (Å²) in [5, 5.41) is 25.7. The van der Waals surface area contributed by atoms with Crippen molar-refractivity contribution in [1.29, 1.82) is 0 Å². The van der Waals surface area contributed by atoms with Gasteiger partial charge < -0.3 is 36.1 Å². The quantitative estimate of drug-likeness (QED) is 0.223. The highest BCUT2D eigenvalue weighted by Crippen LogP contribution is 2.17. The van der Waals surface area contributed by atoms with Crippen LogP contribution in [0.4, 0.5) is 0 Å². The van der Waals surface area contributed by atoms with Gasteiger partial charge in [0, 0.05) is 17.5 Å². The van der Waals surface area contributed by atoms with E-state index in [0.717, 1.165) is 0 Å². The second-order valence-electron chi connectivity index (χ2n) is 9.35. The molecule has 0 saturated carbocycles. The maximum Gasteiger partial charge on any atom is 0.328 e. The van der Waals surface area contributed by atoms with Gasteiger partial charge in [0.05, 0.1) is 13.7 Å². The van der Waals surface area contributed by atoms with Crippen molar-refractivity contribution in [2.75, 3.05) is 13.7 Å². The van der Waals surface area contributed by atoms with Crippen molar-refractivity contribution in [1.82, 2.24) is 10.6 Å². The summed E-state index contributed by atoms with van der Waals surface area (Å²) in [5.41, 5.74) is 6.69. The first kappa shape index (κ1) is 30.9. The lowest BCUT2D eigenvalue weighted by Crippen LogP contribution is -2.56. The number of halogens is 1. The number of phenolic OH excluding ortho intramolecular Hbond substituents is 1. The number of aliphatic hydroxyl groups excluding tert-OH is 1. The van der Waals surface area contributed by atoms with E-state index in [1.54, 1.807) is 36.4 Å². The molecule has 0 fully saturated rings. The fraction of sp³-hybridized carbons (Fsp3) is 0.444. The molecule has 11 heteroatoms. The third-order valence-electron chi connectivity index (χ3n) is 5.71. The van der Waals surface area contributed by atoms with Crippen LogP contribution in [-0.4, -0.2) is 65.9 Å². The topological polar surface area (TPSA) is 160 Å². The van der Waals surface area contributed by atoms with Crippen LogP contribution in [0.2, 0.25) is 5.02 Å². The molecule has 0 aliphatic heterocycles. The van der Waals surface area contributed by atoms with Gasteiger partial charge in [-0.2, -0.15) is 0 Å². The summed E-state index contributed by atoms with van der Waals surface area (Å²) in [6.45, 7) is 3.88. The number of amides is 2. The van der Waals surface area contributed by atoms with Crippen LogP contribution in [0.3, 0.4) is 0 Å². The predicted octanol–water partition coefficient (Wildman–Crippen LogP) is 1.93. The Morgan fingerprint density at radius 2 is 1.68 bits per heavy atom. The van der Waals surface area contributed by atoms with E-state index >= 15 is 0 Å². The number of phenols is 1. The molecule has 0 aliphatic rings. The van der Waals surface area contributed by atoms with Gasteiger partial charge in [-0.15, -0.1) is 0 Å². The van der Waals surface area contributed by atoms with Crippen molar-refractivity contribution in [3.05, 3.63) is 59.1 Å². The number of ether oxygens (including phenoxy) is 2. The first-order valence-electron chi connectivity index (χ1n) is 12.3. The largest absolute Gasteiger partial charge is 0.508 e. The van der Waals surface area contributed by atoms with Crippen LogP contribution in [0.25, 0.3) is 0 Å². The Labute approximate surface area is 227 Å². The summed E-state index contributed by atoms with van der Waals surface area (Å²) in [6, 6.07) is 9.97. The molecule has 208 valence electrons. The Morgan fingerprint density at radius 1 is 1.03 bits per heavy atom. The maximum atomic E-state index is 13.1. The smallest absolute Gasteiger partial charge is 0.328 e. The summed E-state index contributed by atoms with van der Waals surface area (Å²) in [7, 11) is 1.21. The number of aliphatic hydroxyl groups is 1. The summed E-state index contributed by atoms with van der Waals surface area (Å²) in [4.78, 5) is 38.2. The van der Waals surface area contributed by atoms with Gasteiger partial charge in [0.15, 0.2) is 0 Å². The Kier molecular flexibility index (Phi) is 12.3. The number of benzene rings is 2. The maximum absolute atomic E-state index is 13.1. The number of carbonyl (C=O) groups excluding carboxylic acids is 3. The zero-order chi connectivity index (χ0) is 28.2. The summed E-state index contributed by atoms with van der Waals surface area (Å²) >= 11 is 5.93. The van der Waals surface area contributed by atoms with E-state index < -0.39 is 42.0 Å². The predicted molar refractivity (Wildman–Crippen MR) is 143 cm³/mol. The third kappa shape index (κ3) is 10.2. The van der Waals surface area contributed by atoms with E-state index in [2.05, 4.69) is 10.6 Å². The molecule has 0 spiro atoms. The van der Waals surface area contributed by atoms with Crippen LogP contribution in [0, 0.1) is 5.92 Å². The molecule has 0 aliphatic carbocycles. The third-order valence-corrected chi connectivity index (χ3v) is 5.94. The molecule has 6 N–H and O–H groups in total. The highest BCUT2D eigenvalue weighted by molar-refractivity contribution is 6.30. The van der Waals surface area contributed by atoms with Crippen LogP contribution in [-0.2, 0) is 25.5 Å². The molecule has 4 atom stereocenters. The molecule has 0 bridgehead atoms. The molecule has 2 aromatic carbocycles. The summed E-state index contributed by atoms with van der Waals surface area (Å²) in [5.74, 6) is -1.47. The fourth-order valence-electron chi connectivity index (χ4n) is 3.66. The molecule has 0 saturated heterocycles. The minimum Gasteiger partial charge on any atom is -0.508 e. The van der Waals surface area contributed by atoms with E-state index in [9.17, 15) is 24.6 Å². The van der Waals surface area contributed by atoms with Gasteiger partial charge in [0.25, 0.3) is 5.91 Å². The van der Waals surface area contributed by atoms with E-state index in [0.29, 0.717) is 16.3 Å². The fourth-order valence-corrected chi connectivity index (χ4v) is 3.84. The molecular formula is C27H36ClN3O7. The summed E-state index contributed by atoms with van der Waals surface area (Å²) < 4.78 is 10.4. The van der Waals surface area contributed by atoms with E-state index in [1.807, 2.05) is 13.8 Å². The molecule has 2 aromatic rings. The van der Waals surface area contributed by atoms with Crippen molar-refractivity contribution in [3.8, 4) is 11.5 Å². The number of methoxy groups -OCH3 is 1. The number of hydrogen-bond acceptors (Lipinski definition) is 8. The van der Waals surface area contributed by atoms with E-state index in [1.165, 1.54) is 19.2 Å². The van der Waals surface area contributed by atoms with Crippen molar-refractivity contribution >= 4 is 29.4 Å². The van der Waals surface area contributed by atoms with Gasteiger partial charge in [-0.3, -0.25) is 9.59 Å². The minimum atomic E-state index is -1.59. The lowest BCUT2D eigenvalue weighted by atomic mass is 10.0. The number of esters is 1. The van der Waals surface area contributed by atoms with Crippen LogP contribution in [0.1, 0.15) is 32.3 Å². The molecule has 0 radical (unpaired) electrons. The highest BCUT2D eigenvalue weighted by atomic mass is 35.5. The first-order valence-corrected chi connectivity index (χ1v) is 12.7. The van der Waals surface area contributed by atoms with Crippen molar-refractivity contribution in [2.45, 2.75) is 57.3 Å². The van der Waals surface area contributed by atoms with E-state index in [-0.39, 0.29) is 37.5 Å². The van der Waals surface area contributed by atoms with Gasteiger partial charge >= 0.3 is 5.97 Å². The Balaban J connectivity index is 2.00. The standard InChI is InChI=1S/C27H36ClN3O7/c1-16(2)13-22(25(34)31-23(27(36)37-3)14-17-7-9-19(32)10-8-17)30-26(35)24(33)21(29)11-12-38-20-6-4-5-18(28)15-20/h4-10,15-16,21-24,32-33H,11-14,29H2,1-3H3,(H,30,35)(H,31,34)/t21-,22+,23+,24+/m1/s1. The zero-order valence-corrected chi connectivity index (χ0v) is 22.5. The van der Waals surface area contributed by atoms with E-state index in [4.69, 9.17) is 26.8 Å². The van der Waals surface area contributed by atoms with Crippen LogP contribution in [0.5, 0.6) is 11.5 Å². The van der Waals surface area contributed by atoms with Crippen molar-refractivity contribution in [2.24, 2.45) is 11.7 Å². The van der Waals surface area contributed by atoms with Gasteiger partial charge in [0.1, 0.15) is 29.7 Å². The Hall–Kier alpha value is -3.34. The molecule has 0 aromatic heterocycles. The normalized spacial score (nSPS) is 14.2. The molecule has 2 rings (SSSR count). The van der Waals surface area contributed by atoms with Crippen molar-refractivity contribution < 1.29 is 34.1 Å². The van der Waals surface area contributed by atoms with Gasteiger partial charge in [-0.1, -0.05) is 43.6 Å². The first-order chi connectivity index (χ1) is 18.0. The minimum absolute atomic E-state index is 0.0108. The lowest BCUT2D eigenvalue weighted by Gasteiger charge is -2.25. The number of aromatic hydroxyl groups is 1. The highest BCUT2D eigenvalue weighted by Gasteiger charge is 2.31. The molecule has 0 unspecified atom stereocenters. The Bertz CT molecular complexity index is 1060. The number of hydrogen-bond donors (Lipinski definition) is 5. The second kappa shape index (κ2) is 15.2. The van der Waals surface area contributed by atoms with Gasteiger partial charge in [-0.05, 0) is 54.7 Å². The van der Waals surface area contributed by atoms with Gasteiger partial charge in [-0.25, -0.2) is 4.79 Å². The summed E-state index contributed by atoms with van der Waals surface area (Å²) in [6.07, 6.45) is -1.06. The van der Waals surface area contributed by atoms with Crippen LogP contribution in [0.15, 0.2) is 48.5 Å². The number of rotatable bonds is 14. The number of nitrogens with one attached hydrogen (secondary N) is 2. The lowest BCUT2D eigenvalue weighted by molar-refractivity contribution is -0.145. The molecule has 0 heterocycles. The Morgan fingerprint density at radius 3 is 2.29 bits per heavy atom. The van der Waals surface area contributed by atoms with Crippen molar-refractivity contribution in [3.63, 3.8) is 0 Å². The van der Waals surface area contributed by atoms with Crippen LogP contribution < -0.4 is 21.1 Å². The number of nitrogens with two attached hydrogens (primary N) is 1. The number of carbonyl (C=O) groups is 3. The molecule has 2 amide bonds. The average molecular weight is 550 g/mol. The monoisotopic (exact) mass is 549 g/mol. The second-order valence-corrected chi connectivity index (χ2v) is 9.79. The molecule has 38 heavy (non-hydrogen) atoms. The van der Waals surface area contributed by atoms with Gasteiger partial charge in [0.2, 0.25) is 5.91 Å². The molecular weight excluding hydrogens is 514 g/mol. The average Bonchev–Trinajstić information content (AvgIpc) is 2.87. The zero-order valence-electron chi connectivity index (χ0n) is 21.7. The SMILES string of the molecule is COC(=O)[C@H](Cc1ccc(O)cc1)NC(=O)[C@H](CC(C)C)NC(=O)[C@@H](O)[C@H](N)CCOc1cccc(Cl)c1. The van der Waals surface area contributed by atoms with Crippen LogP contribution >= 0.6 is 11.6 Å². The molecule has 10 nitrogen and oxygen atoms in total.